The molecule has 0 heterocycles. The molecule has 106 valence electrons. The number of anilines is 2. The number of benzene rings is 1. The second-order valence-corrected chi connectivity index (χ2v) is 6.81. The van der Waals surface area contributed by atoms with Gasteiger partial charge in [-0.05, 0) is 18.1 Å². The van der Waals surface area contributed by atoms with E-state index >= 15 is 0 Å². The molecule has 0 aromatic heterocycles. The number of rotatable bonds is 6. The van der Waals surface area contributed by atoms with Crippen molar-refractivity contribution in [1.29, 1.82) is 0 Å². The molecule has 0 spiro atoms. The Morgan fingerprint density at radius 1 is 1.37 bits per heavy atom. The molecule has 5 nitrogen and oxygen atoms in total. The average Bonchev–Trinajstić information content (AvgIpc) is 2.30. The normalized spacial score (nSPS) is 12.9. The van der Waals surface area contributed by atoms with Gasteiger partial charge in [0.25, 0.3) is 0 Å². The summed E-state index contributed by atoms with van der Waals surface area (Å²) >= 11 is 0. The third-order valence-electron chi connectivity index (χ3n) is 2.82. The maximum atomic E-state index is 11.8. The molecule has 0 saturated heterocycles. The minimum atomic E-state index is -3.38. The summed E-state index contributed by atoms with van der Waals surface area (Å²) in [4.78, 5) is 11.7. The molecule has 1 unspecified atom stereocenters. The fraction of sp³-hybridized carbons (Fsp3) is 0.462. The predicted molar refractivity (Wildman–Crippen MR) is 77.6 cm³/mol. The number of carbonyl (C=O) groups is 1. The SMILES string of the molecule is CCC(C)CS(=O)(=O)CC(=O)Nc1ccccc1N. The van der Waals surface area contributed by atoms with Gasteiger partial charge in [0, 0.05) is 0 Å². The van der Waals surface area contributed by atoms with E-state index in [0.29, 0.717) is 11.4 Å². The van der Waals surface area contributed by atoms with Crippen molar-refractivity contribution in [2.75, 3.05) is 22.6 Å². The number of hydrogen-bond acceptors (Lipinski definition) is 4. The largest absolute Gasteiger partial charge is 0.397 e. The summed E-state index contributed by atoms with van der Waals surface area (Å²) in [6.45, 7) is 3.77. The zero-order chi connectivity index (χ0) is 14.5. The standard InChI is InChI=1S/C13H20N2O3S/c1-3-10(2)8-19(17,18)9-13(16)15-12-7-5-4-6-11(12)14/h4-7,10H,3,8-9,14H2,1-2H3,(H,15,16). The van der Waals surface area contributed by atoms with Gasteiger partial charge in [0.2, 0.25) is 5.91 Å². The first-order valence-corrected chi connectivity index (χ1v) is 8.01. The van der Waals surface area contributed by atoms with Crippen molar-refractivity contribution in [2.45, 2.75) is 20.3 Å². The quantitative estimate of drug-likeness (QED) is 0.778. The fourth-order valence-electron chi connectivity index (χ4n) is 1.61. The Bertz CT molecular complexity index is 541. The predicted octanol–water partition coefficient (Wildman–Crippen LogP) is 1.67. The Balaban J connectivity index is 2.63. The van der Waals surface area contributed by atoms with Crippen LogP contribution < -0.4 is 11.1 Å². The lowest BCUT2D eigenvalue weighted by Gasteiger charge is -2.10. The van der Waals surface area contributed by atoms with E-state index in [4.69, 9.17) is 5.73 Å². The number of carbonyl (C=O) groups excluding carboxylic acids is 1. The lowest BCUT2D eigenvalue weighted by Crippen LogP contribution is -2.27. The molecule has 1 rings (SSSR count). The van der Waals surface area contributed by atoms with Crippen LogP contribution in [0.4, 0.5) is 11.4 Å². The third-order valence-corrected chi connectivity index (χ3v) is 4.60. The number of nitrogen functional groups attached to an aromatic ring is 1. The Kier molecular flexibility index (Phi) is 5.35. The summed E-state index contributed by atoms with van der Waals surface area (Å²) in [7, 11) is -3.38. The van der Waals surface area contributed by atoms with Crippen LogP contribution >= 0.6 is 0 Å². The van der Waals surface area contributed by atoms with E-state index in [0.717, 1.165) is 6.42 Å². The van der Waals surface area contributed by atoms with Crippen molar-refractivity contribution in [3.63, 3.8) is 0 Å². The molecule has 6 heteroatoms. The molecule has 1 atom stereocenters. The minimum Gasteiger partial charge on any atom is -0.397 e. The van der Waals surface area contributed by atoms with E-state index in [-0.39, 0.29) is 11.7 Å². The Labute approximate surface area is 114 Å². The van der Waals surface area contributed by atoms with Gasteiger partial charge < -0.3 is 11.1 Å². The second kappa shape index (κ2) is 6.56. The molecule has 0 fully saturated rings. The van der Waals surface area contributed by atoms with Crippen molar-refractivity contribution >= 4 is 27.1 Å². The summed E-state index contributed by atoms with van der Waals surface area (Å²) in [6.07, 6.45) is 0.770. The van der Waals surface area contributed by atoms with Crippen LogP contribution in [0.1, 0.15) is 20.3 Å². The lowest BCUT2D eigenvalue weighted by atomic mass is 10.2. The summed E-state index contributed by atoms with van der Waals surface area (Å²) in [6, 6.07) is 6.74. The van der Waals surface area contributed by atoms with E-state index in [2.05, 4.69) is 5.32 Å². The molecule has 0 aliphatic heterocycles. The highest BCUT2D eigenvalue weighted by Crippen LogP contribution is 2.16. The van der Waals surface area contributed by atoms with Crippen LogP contribution in [0, 0.1) is 5.92 Å². The minimum absolute atomic E-state index is 0.0290. The monoisotopic (exact) mass is 284 g/mol. The van der Waals surface area contributed by atoms with Gasteiger partial charge in [0.1, 0.15) is 5.75 Å². The van der Waals surface area contributed by atoms with E-state index in [1.165, 1.54) is 0 Å². The number of nitrogens with one attached hydrogen (secondary N) is 1. The molecule has 0 aliphatic carbocycles. The van der Waals surface area contributed by atoms with Crippen LogP contribution in [-0.4, -0.2) is 25.8 Å². The number of amides is 1. The summed E-state index contributed by atoms with van der Waals surface area (Å²) in [5.74, 6) is -0.979. The van der Waals surface area contributed by atoms with E-state index in [1.807, 2.05) is 13.8 Å². The molecule has 1 aromatic carbocycles. The van der Waals surface area contributed by atoms with Crippen LogP contribution in [0.5, 0.6) is 0 Å². The maximum absolute atomic E-state index is 11.8. The molecule has 1 amide bonds. The van der Waals surface area contributed by atoms with Gasteiger partial charge >= 0.3 is 0 Å². The molecular formula is C13H20N2O3S. The first-order valence-electron chi connectivity index (χ1n) is 6.19. The Morgan fingerprint density at radius 3 is 2.58 bits per heavy atom. The van der Waals surface area contributed by atoms with Crippen molar-refractivity contribution < 1.29 is 13.2 Å². The highest BCUT2D eigenvalue weighted by atomic mass is 32.2. The number of nitrogens with two attached hydrogens (primary N) is 1. The van der Waals surface area contributed by atoms with Crippen LogP contribution in [-0.2, 0) is 14.6 Å². The second-order valence-electron chi connectivity index (χ2n) is 4.70. The summed E-state index contributed by atoms with van der Waals surface area (Å²) in [5.41, 5.74) is 6.52. The Hall–Kier alpha value is -1.56. The molecule has 0 radical (unpaired) electrons. The number of hydrogen-bond donors (Lipinski definition) is 2. The summed E-state index contributed by atoms with van der Waals surface area (Å²) < 4.78 is 23.6. The zero-order valence-corrected chi connectivity index (χ0v) is 12.0. The van der Waals surface area contributed by atoms with Crippen molar-refractivity contribution in [3.8, 4) is 0 Å². The molecular weight excluding hydrogens is 264 g/mol. The van der Waals surface area contributed by atoms with E-state index in [9.17, 15) is 13.2 Å². The smallest absolute Gasteiger partial charge is 0.239 e. The van der Waals surface area contributed by atoms with Gasteiger partial charge in [-0.2, -0.15) is 0 Å². The number of sulfone groups is 1. The van der Waals surface area contributed by atoms with Gasteiger partial charge in [-0.15, -0.1) is 0 Å². The van der Waals surface area contributed by atoms with Crippen LogP contribution in [0.2, 0.25) is 0 Å². The molecule has 0 saturated carbocycles. The molecule has 0 aliphatic rings. The van der Waals surface area contributed by atoms with Gasteiger partial charge in [0.05, 0.1) is 17.1 Å². The van der Waals surface area contributed by atoms with Crippen molar-refractivity contribution in [3.05, 3.63) is 24.3 Å². The first-order chi connectivity index (χ1) is 8.84. The Morgan fingerprint density at radius 2 is 2.00 bits per heavy atom. The van der Waals surface area contributed by atoms with Crippen LogP contribution in [0.25, 0.3) is 0 Å². The molecule has 1 aromatic rings. The highest BCUT2D eigenvalue weighted by Gasteiger charge is 2.19. The van der Waals surface area contributed by atoms with Gasteiger partial charge in [0.15, 0.2) is 9.84 Å². The zero-order valence-electron chi connectivity index (χ0n) is 11.2. The topological polar surface area (TPSA) is 89.3 Å². The van der Waals surface area contributed by atoms with Gasteiger partial charge in [-0.1, -0.05) is 32.4 Å². The van der Waals surface area contributed by atoms with E-state index < -0.39 is 21.5 Å². The molecule has 0 bridgehead atoms. The lowest BCUT2D eigenvalue weighted by molar-refractivity contribution is -0.113. The first kappa shape index (κ1) is 15.5. The van der Waals surface area contributed by atoms with Crippen molar-refractivity contribution in [2.24, 2.45) is 5.92 Å². The fourth-order valence-corrected chi connectivity index (χ4v) is 3.30. The van der Waals surface area contributed by atoms with Crippen molar-refractivity contribution in [1.82, 2.24) is 0 Å². The average molecular weight is 284 g/mol. The van der Waals surface area contributed by atoms with E-state index in [1.54, 1.807) is 24.3 Å². The maximum Gasteiger partial charge on any atom is 0.239 e. The van der Waals surface area contributed by atoms with Crippen LogP contribution in [0.3, 0.4) is 0 Å². The third kappa shape index (κ3) is 5.30. The van der Waals surface area contributed by atoms with Gasteiger partial charge in [-0.25, -0.2) is 8.42 Å². The molecule has 19 heavy (non-hydrogen) atoms. The highest BCUT2D eigenvalue weighted by molar-refractivity contribution is 7.92. The number of para-hydroxylation sites is 2. The summed E-state index contributed by atoms with van der Waals surface area (Å²) in [5, 5.41) is 2.51. The van der Waals surface area contributed by atoms with Crippen LogP contribution in [0.15, 0.2) is 24.3 Å². The van der Waals surface area contributed by atoms with Gasteiger partial charge in [-0.3, -0.25) is 4.79 Å². The molecule has 3 N–H and O–H groups in total.